The van der Waals surface area contributed by atoms with Crippen LogP contribution in [0.15, 0.2) is 29.3 Å². The summed E-state index contributed by atoms with van der Waals surface area (Å²) in [6, 6.07) is 4.80. The van der Waals surface area contributed by atoms with Crippen LogP contribution >= 0.6 is 24.0 Å². The van der Waals surface area contributed by atoms with Crippen LogP contribution in [-0.4, -0.2) is 51.7 Å². The van der Waals surface area contributed by atoms with Crippen molar-refractivity contribution in [2.45, 2.75) is 37.2 Å². The molecule has 1 aromatic rings. The number of halogens is 4. The summed E-state index contributed by atoms with van der Waals surface area (Å²) in [7, 11) is -3.32. The number of ether oxygens (including phenoxy) is 1. The highest BCUT2D eigenvalue weighted by Crippen LogP contribution is 2.29. The predicted molar refractivity (Wildman–Crippen MR) is 117 cm³/mol. The number of guanidine groups is 1. The van der Waals surface area contributed by atoms with Gasteiger partial charge in [0.1, 0.15) is 0 Å². The van der Waals surface area contributed by atoms with Gasteiger partial charge in [-0.3, -0.25) is 0 Å². The van der Waals surface area contributed by atoms with Crippen LogP contribution in [0.3, 0.4) is 0 Å². The van der Waals surface area contributed by atoms with Crippen molar-refractivity contribution >= 4 is 39.8 Å². The Morgan fingerprint density at radius 1 is 1.17 bits per heavy atom. The van der Waals surface area contributed by atoms with E-state index >= 15 is 0 Å². The lowest BCUT2D eigenvalue weighted by molar-refractivity contribution is -0.137. The first-order valence-electron chi connectivity index (χ1n) is 9.03. The van der Waals surface area contributed by atoms with Gasteiger partial charge in [0.25, 0.3) is 0 Å². The molecule has 0 saturated carbocycles. The van der Waals surface area contributed by atoms with E-state index < -0.39 is 26.3 Å². The van der Waals surface area contributed by atoms with E-state index in [1.807, 2.05) is 6.92 Å². The van der Waals surface area contributed by atoms with E-state index in [1.165, 1.54) is 18.4 Å². The van der Waals surface area contributed by atoms with Crippen molar-refractivity contribution in [3.8, 4) is 0 Å². The van der Waals surface area contributed by atoms with Gasteiger partial charge in [0.2, 0.25) is 0 Å². The number of nitrogens with zero attached hydrogens (tertiary/aromatic N) is 1. The van der Waals surface area contributed by atoms with E-state index in [2.05, 4.69) is 15.6 Å². The molecule has 0 unspecified atom stereocenters. The number of alkyl halides is 3. The third-order valence-electron chi connectivity index (χ3n) is 4.81. The molecule has 2 N–H and O–H groups in total. The van der Waals surface area contributed by atoms with Crippen molar-refractivity contribution in [1.82, 2.24) is 10.6 Å². The third kappa shape index (κ3) is 7.28. The lowest BCUT2D eigenvalue weighted by atomic mass is 9.99. The third-order valence-corrected chi connectivity index (χ3v) is 6.94. The molecular weight excluding hydrogens is 522 g/mol. The number of benzene rings is 1. The molecule has 2 rings (SSSR count). The molecule has 0 aromatic heterocycles. The molecule has 0 aliphatic carbocycles. The number of hydrogen-bond donors (Lipinski definition) is 2. The highest BCUT2D eigenvalue weighted by molar-refractivity contribution is 14.0. The first-order chi connectivity index (χ1) is 13.1. The highest BCUT2D eigenvalue weighted by Gasteiger charge is 2.42. The summed E-state index contributed by atoms with van der Waals surface area (Å²) in [5.74, 6) is 0.414. The smallest absolute Gasteiger partial charge is 0.381 e. The minimum atomic E-state index is -4.37. The minimum absolute atomic E-state index is 0. The van der Waals surface area contributed by atoms with Crippen molar-refractivity contribution in [1.29, 1.82) is 0 Å². The highest BCUT2D eigenvalue weighted by atomic mass is 127. The maximum absolute atomic E-state index is 12.6. The second-order valence-electron chi connectivity index (χ2n) is 6.81. The van der Waals surface area contributed by atoms with Gasteiger partial charge in [-0.2, -0.15) is 13.2 Å². The summed E-state index contributed by atoms with van der Waals surface area (Å²) in [6.45, 7) is 3.56. The Hall–Kier alpha value is -1.08. The van der Waals surface area contributed by atoms with Crippen LogP contribution in [0.5, 0.6) is 0 Å². The first-order valence-corrected chi connectivity index (χ1v) is 10.9. The van der Waals surface area contributed by atoms with Gasteiger partial charge < -0.3 is 15.4 Å². The molecule has 11 heteroatoms. The quantitative estimate of drug-likeness (QED) is 0.324. The van der Waals surface area contributed by atoms with E-state index in [1.54, 1.807) is 0 Å². The maximum atomic E-state index is 12.6. The molecule has 0 amide bonds. The molecule has 29 heavy (non-hydrogen) atoms. The van der Waals surface area contributed by atoms with Gasteiger partial charge in [-0.15, -0.1) is 24.0 Å². The fraction of sp³-hybridized carbons (Fsp3) is 0.611. The predicted octanol–water partition coefficient (Wildman–Crippen LogP) is 2.97. The average Bonchev–Trinajstić information content (AvgIpc) is 2.63. The van der Waals surface area contributed by atoms with E-state index in [0.717, 1.165) is 12.1 Å². The van der Waals surface area contributed by atoms with Crippen LogP contribution in [0.2, 0.25) is 0 Å². The van der Waals surface area contributed by atoms with E-state index in [9.17, 15) is 21.6 Å². The van der Waals surface area contributed by atoms with Crippen LogP contribution in [0.25, 0.3) is 0 Å². The molecule has 1 aromatic carbocycles. The molecule has 0 bridgehead atoms. The lowest BCUT2D eigenvalue weighted by Crippen LogP contribution is -2.53. The number of rotatable bonds is 6. The van der Waals surface area contributed by atoms with Gasteiger partial charge in [0, 0.05) is 32.6 Å². The van der Waals surface area contributed by atoms with Gasteiger partial charge in [-0.05, 0) is 37.5 Å². The van der Waals surface area contributed by atoms with Crippen LogP contribution < -0.4 is 10.6 Å². The number of sulfone groups is 1. The Balaban J connectivity index is 0.00000420. The molecule has 1 aliphatic heterocycles. The van der Waals surface area contributed by atoms with E-state index in [-0.39, 0.29) is 37.1 Å². The minimum Gasteiger partial charge on any atom is -0.381 e. The Morgan fingerprint density at radius 2 is 1.76 bits per heavy atom. The largest absolute Gasteiger partial charge is 0.416 e. The molecule has 1 aliphatic rings. The van der Waals surface area contributed by atoms with Crippen LogP contribution in [0.1, 0.15) is 30.9 Å². The maximum Gasteiger partial charge on any atom is 0.416 e. The van der Waals surface area contributed by atoms with Crippen molar-refractivity contribution in [3.63, 3.8) is 0 Å². The molecular formula is C18H27F3IN3O3S. The van der Waals surface area contributed by atoms with Gasteiger partial charge in [-0.25, -0.2) is 13.4 Å². The molecule has 0 spiro atoms. The molecule has 6 nitrogen and oxygen atoms in total. The summed E-state index contributed by atoms with van der Waals surface area (Å²) < 4.78 is 66.9. The summed E-state index contributed by atoms with van der Waals surface area (Å²) in [4.78, 5) is 4.36. The van der Waals surface area contributed by atoms with Crippen LogP contribution in [0, 0.1) is 0 Å². The van der Waals surface area contributed by atoms with Crippen molar-refractivity contribution in [2.24, 2.45) is 4.99 Å². The van der Waals surface area contributed by atoms with E-state index in [0.29, 0.717) is 44.1 Å². The molecule has 1 heterocycles. The second kappa shape index (κ2) is 10.8. The Morgan fingerprint density at radius 3 is 2.24 bits per heavy atom. The molecule has 0 atom stereocenters. The van der Waals surface area contributed by atoms with Gasteiger partial charge in [0.15, 0.2) is 15.8 Å². The average molecular weight is 549 g/mol. The van der Waals surface area contributed by atoms with Crippen LogP contribution in [-0.2, 0) is 27.3 Å². The first kappa shape index (κ1) is 26.0. The number of hydrogen-bond acceptors (Lipinski definition) is 4. The topological polar surface area (TPSA) is 79.8 Å². The van der Waals surface area contributed by atoms with Crippen LogP contribution in [0.4, 0.5) is 13.2 Å². The Labute approximate surface area is 186 Å². The fourth-order valence-electron chi connectivity index (χ4n) is 2.98. The van der Waals surface area contributed by atoms with Gasteiger partial charge >= 0.3 is 6.18 Å². The summed E-state index contributed by atoms with van der Waals surface area (Å²) in [6.07, 6.45) is -2.34. The lowest BCUT2D eigenvalue weighted by Gasteiger charge is -2.35. The van der Waals surface area contributed by atoms with E-state index in [4.69, 9.17) is 4.74 Å². The molecule has 1 fully saturated rings. The van der Waals surface area contributed by atoms with Crippen molar-refractivity contribution in [2.75, 3.05) is 32.6 Å². The standard InChI is InChI=1S/C18H26F3N3O3S.HI/c1-3-22-16(23-12-14-4-6-15(7-5-14)18(19,20)21)24-13-17(28(2,25)26)8-10-27-11-9-17;/h4-7H,3,8-13H2,1-2H3,(H2,22,23,24);1H. The zero-order chi connectivity index (χ0) is 20.8. The van der Waals surface area contributed by atoms with Crippen molar-refractivity contribution in [3.05, 3.63) is 35.4 Å². The molecule has 1 saturated heterocycles. The molecule has 0 radical (unpaired) electrons. The normalized spacial score (nSPS) is 17.3. The number of nitrogens with one attached hydrogen (secondary N) is 2. The zero-order valence-electron chi connectivity index (χ0n) is 16.4. The van der Waals surface area contributed by atoms with Gasteiger partial charge in [-0.1, -0.05) is 12.1 Å². The fourth-order valence-corrected chi connectivity index (χ4v) is 4.22. The Bertz CT molecular complexity index is 778. The summed E-state index contributed by atoms with van der Waals surface area (Å²) in [5, 5.41) is 6.10. The monoisotopic (exact) mass is 549 g/mol. The SMILES string of the molecule is CCNC(=NCc1ccc(C(F)(F)F)cc1)NCC1(S(C)(=O)=O)CCOCC1.I. The summed E-state index contributed by atoms with van der Waals surface area (Å²) in [5.41, 5.74) is -0.0889. The molecule has 166 valence electrons. The second-order valence-corrected chi connectivity index (χ2v) is 9.22. The zero-order valence-corrected chi connectivity index (χ0v) is 19.5. The Kier molecular flexibility index (Phi) is 9.67. The summed E-state index contributed by atoms with van der Waals surface area (Å²) >= 11 is 0. The number of aliphatic imine (C=N–C) groups is 1. The van der Waals surface area contributed by atoms with Gasteiger partial charge in [0.05, 0.1) is 16.9 Å². The van der Waals surface area contributed by atoms with Crippen molar-refractivity contribution < 1.29 is 26.3 Å².